The lowest BCUT2D eigenvalue weighted by molar-refractivity contribution is -0.132. The number of hydrogen-bond acceptors (Lipinski definition) is 2. The van der Waals surface area contributed by atoms with E-state index in [0.717, 1.165) is 5.56 Å². The highest BCUT2D eigenvalue weighted by Crippen LogP contribution is 2.33. The number of carboxylic acid groups (broad SMARTS) is 1. The summed E-state index contributed by atoms with van der Waals surface area (Å²) >= 11 is 0. The van der Waals surface area contributed by atoms with Gasteiger partial charge in [-0.1, -0.05) is 39.0 Å². The number of para-hydroxylation sites is 1. The Hall–Kier alpha value is -1.77. The SMILES string of the molecule is C/C(=C\c1cccc(C(C)(C)C)c1O)C(=O)O. The first kappa shape index (κ1) is 13.3. The minimum Gasteiger partial charge on any atom is -0.507 e. The lowest BCUT2D eigenvalue weighted by Gasteiger charge is -2.21. The number of phenols is 1. The third-order valence-corrected chi connectivity index (χ3v) is 2.58. The molecule has 0 atom stereocenters. The van der Waals surface area contributed by atoms with Crippen molar-refractivity contribution in [1.29, 1.82) is 0 Å². The zero-order valence-corrected chi connectivity index (χ0v) is 10.6. The van der Waals surface area contributed by atoms with Gasteiger partial charge in [0.25, 0.3) is 0 Å². The van der Waals surface area contributed by atoms with E-state index >= 15 is 0 Å². The molecule has 0 saturated heterocycles. The topological polar surface area (TPSA) is 57.5 Å². The molecule has 1 aromatic rings. The van der Waals surface area contributed by atoms with Crippen molar-refractivity contribution in [2.24, 2.45) is 0 Å². The molecule has 0 aliphatic heterocycles. The molecule has 0 heterocycles. The number of hydrogen-bond donors (Lipinski definition) is 2. The van der Waals surface area contributed by atoms with Gasteiger partial charge >= 0.3 is 5.97 Å². The maximum Gasteiger partial charge on any atom is 0.331 e. The number of phenolic OH excluding ortho intramolecular Hbond substituents is 1. The first-order valence-electron chi connectivity index (χ1n) is 5.47. The standard InChI is InChI=1S/C14H18O3/c1-9(13(16)17)8-10-6-5-7-11(12(10)15)14(2,3)4/h5-8,15H,1-4H3,(H,16,17)/b9-8+. The van der Waals surface area contributed by atoms with Crippen molar-refractivity contribution in [3.63, 3.8) is 0 Å². The molecule has 0 amide bonds. The first-order chi connectivity index (χ1) is 7.73. The van der Waals surface area contributed by atoms with Crippen LogP contribution in [0, 0.1) is 0 Å². The average molecular weight is 234 g/mol. The van der Waals surface area contributed by atoms with E-state index in [1.165, 1.54) is 13.0 Å². The molecule has 1 rings (SSSR count). The lowest BCUT2D eigenvalue weighted by atomic mass is 9.85. The van der Waals surface area contributed by atoms with Gasteiger partial charge in [-0.3, -0.25) is 0 Å². The molecular weight excluding hydrogens is 216 g/mol. The monoisotopic (exact) mass is 234 g/mol. The van der Waals surface area contributed by atoms with E-state index in [0.29, 0.717) is 5.56 Å². The third-order valence-electron chi connectivity index (χ3n) is 2.58. The van der Waals surface area contributed by atoms with Crippen LogP contribution in [0.25, 0.3) is 6.08 Å². The van der Waals surface area contributed by atoms with Gasteiger partial charge in [0.05, 0.1) is 0 Å². The van der Waals surface area contributed by atoms with E-state index in [1.807, 2.05) is 32.9 Å². The first-order valence-corrected chi connectivity index (χ1v) is 5.47. The lowest BCUT2D eigenvalue weighted by Crippen LogP contribution is -2.11. The Morgan fingerprint density at radius 2 is 1.88 bits per heavy atom. The van der Waals surface area contributed by atoms with E-state index in [2.05, 4.69) is 0 Å². The molecule has 0 saturated carbocycles. The van der Waals surface area contributed by atoms with Crippen molar-refractivity contribution < 1.29 is 15.0 Å². The summed E-state index contributed by atoms with van der Waals surface area (Å²) in [5, 5.41) is 18.9. The summed E-state index contributed by atoms with van der Waals surface area (Å²) in [7, 11) is 0. The van der Waals surface area contributed by atoms with Gasteiger partial charge < -0.3 is 10.2 Å². The molecule has 0 bridgehead atoms. The second kappa shape index (κ2) is 4.62. The average Bonchev–Trinajstić information content (AvgIpc) is 2.19. The van der Waals surface area contributed by atoms with Crippen LogP contribution in [0.5, 0.6) is 5.75 Å². The fourth-order valence-electron chi connectivity index (χ4n) is 1.58. The molecule has 0 radical (unpaired) electrons. The number of rotatable bonds is 2. The predicted molar refractivity (Wildman–Crippen MR) is 68.1 cm³/mol. The second-order valence-corrected chi connectivity index (χ2v) is 5.13. The molecule has 0 spiro atoms. The minimum absolute atomic E-state index is 0.153. The summed E-state index contributed by atoms with van der Waals surface area (Å²) in [5.41, 5.74) is 1.37. The summed E-state index contributed by atoms with van der Waals surface area (Å²) in [6, 6.07) is 5.38. The van der Waals surface area contributed by atoms with Crippen LogP contribution in [0.2, 0.25) is 0 Å². The Kier molecular flexibility index (Phi) is 3.61. The Bertz CT molecular complexity index is 465. The van der Waals surface area contributed by atoms with Gasteiger partial charge in [-0.2, -0.15) is 0 Å². The molecule has 1 aromatic carbocycles. The largest absolute Gasteiger partial charge is 0.507 e. The van der Waals surface area contributed by atoms with Gasteiger partial charge in [0, 0.05) is 11.1 Å². The number of carboxylic acids is 1. The van der Waals surface area contributed by atoms with E-state index in [-0.39, 0.29) is 16.7 Å². The van der Waals surface area contributed by atoms with Gasteiger partial charge in [-0.05, 0) is 24.0 Å². The molecule has 0 aromatic heterocycles. The van der Waals surface area contributed by atoms with Gasteiger partial charge in [0.2, 0.25) is 0 Å². The van der Waals surface area contributed by atoms with Gasteiger partial charge in [0.15, 0.2) is 0 Å². The van der Waals surface area contributed by atoms with Crippen LogP contribution < -0.4 is 0 Å². The highest BCUT2D eigenvalue weighted by atomic mass is 16.4. The van der Waals surface area contributed by atoms with E-state index in [9.17, 15) is 9.90 Å². The third kappa shape index (κ3) is 3.09. The summed E-state index contributed by atoms with van der Waals surface area (Å²) in [6.07, 6.45) is 1.48. The van der Waals surface area contributed by atoms with Crippen molar-refractivity contribution in [3.05, 3.63) is 34.9 Å². The molecule has 3 nitrogen and oxygen atoms in total. The van der Waals surface area contributed by atoms with Crippen molar-refractivity contribution in [2.75, 3.05) is 0 Å². The predicted octanol–water partition coefficient (Wildman–Crippen LogP) is 3.18. The smallest absolute Gasteiger partial charge is 0.331 e. The van der Waals surface area contributed by atoms with Gasteiger partial charge in [-0.25, -0.2) is 4.79 Å². The highest BCUT2D eigenvalue weighted by molar-refractivity contribution is 5.92. The Labute approximate surface area is 101 Å². The van der Waals surface area contributed by atoms with Crippen molar-refractivity contribution >= 4 is 12.0 Å². The number of aliphatic carboxylic acids is 1. The van der Waals surface area contributed by atoms with Crippen LogP contribution in [0.3, 0.4) is 0 Å². The summed E-state index contributed by atoms with van der Waals surface area (Å²) < 4.78 is 0. The Morgan fingerprint density at radius 1 is 1.29 bits per heavy atom. The fourth-order valence-corrected chi connectivity index (χ4v) is 1.58. The molecule has 0 fully saturated rings. The summed E-state index contributed by atoms with van der Waals surface area (Å²) in [4.78, 5) is 10.7. The van der Waals surface area contributed by atoms with Crippen molar-refractivity contribution in [1.82, 2.24) is 0 Å². The molecule has 0 aliphatic rings. The van der Waals surface area contributed by atoms with Gasteiger partial charge in [0.1, 0.15) is 5.75 Å². The van der Waals surface area contributed by atoms with Gasteiger partial charge in [-0.15, -0.1) is 0 Å². The number of aromatic hydroxyl groups is 1. The van der Waals surface area contributed by atoms with Crippen LogP contribution in [-0.2, 0) is 10.2 Å². The highest BCUT2D eigenvalue weighted by Gasteiger charge is 2.19. The van der Waals surface area contributed by atoms with Crippen molar-refractivity contribution in [2.45, 2.75) is 33.1 Å². The van der Waals surface area contributed by atoms with Crippen LogP contribution >= 0.6 is 0 Å². The fraction of sp³-hybridized carbons (Fsp3) is 0.357. The van der Waals surface area contributed by atoms with Crippen LogP contribution in [0.4, 0.5) is 0 Å². The maximum absolute atomic E-state index is 10.7. The van der Waals surface area contributed by atoms with E-state index < -0.39 is 5.97 Å². The van der Waals surface area contributed by atoms with E-state index in [4.69, 9.17) is 5.11 Å². The Balaban J connectivity index is 3.30. The van der Waals surface area contributed by atoms with E-state index in [1.54, 1.807) is 6.07 Å². The minimum atomic E-state index is -0.981. The normalized spacial score (nSPS) is 12.6. The molecule has 2 N–H and O–H groups in total. The molecule has 17 heavy (non-hydrogen) atoms. The summed E-state index contributed by atoms with van der Waals surface area (Å²) in [6.45, 7) is 7.50. The second-order valence-electron chi connectivity index (χ2n) is 5.13. The molecule has 92 valence electrons. The molecular formula is C14H18O3. The maximum atomic E-state index is 10.7. The Morgan fingerprint density at radius 3 is 2.35 bits per heavy atom. The zero-order chi connectivity index (χ0) is 13.2. The molecule has 0 aliphatic carbocycles. The van der Waals surface area contributed by atoms with Crippen LogP contribution in [0.1, 0.15) is 38.8 Å². The number of carbonyl (C=O) groups is 1. The zero-order valence-electron chi connectivity index (χ0n) is 10.6. The molecule has 3 heteroatoms. The molecule has 0 unspecified atom stereocenters. The van der Waals surface area contributed by atoms with Crippen LogP contribution in [0.15, 0.2) is 23.8 Å². The number of benzene rings is 1. The summed E-state index contributed by atoms with van der Waals surface area (Å²) in [5.74, 6) is -0.828. The van der Waals surface area contributed by atoms with Crippen molar-refractivity contribution in [3.8, 4) is 5.75 Å². The van der Waals surface area contributed by atoms with Crippen LogP contribution in [-0.4, -0.2) is 16.2 Å². The quantitative estimate of drug-likeness (QED) is 0.773.